The molecule has 0 heterocycles. The van der Waals surface area contributed by atoms with E-state index < -0.39 is 0 Å². The molecule has 0 amide bonds. The van der Waals surface area contributed by atoms with Gasteiger partial charge < -0.3 is 10.6 Å². The molecule has 0 saturated carbocycles. The van der Waals surface area contributed by atoms with E-state index in [2.05, 4.69) is 37.8 Å². The van der Waals surface area contributed by atoms with Crippen molar-refractivity contribution in [3.63, 3.8) is 0 Å². The lowest BCUT2D eigenvalue weighted by Crippen LogP contribution is -2.25. The molecule has 0 radical (unpaired) electrons. The van der Waals surface area contributed by atoms with Gasteiger partial charge in [0.05, 0.1) is 0 Å². The average Bonchev–Trinajstić information content (AvgIpc) is 2.29. The summed E-state index contributed by atoms with van der Waals surface area (Å²) in [4.78, 5) is 3.75. The van der Waals surface area contributed by atoms with Gasteiger partial charge in [-0.15, -0.1) is 11.8 Å². The van der Waals surface area contributed by atoms with Crippen LogP contribution in [0, 0.1) is 6.92 Å². The van der Waals surface area contributed by atoms with Crippen molar-refractivity contribution >= 4 is 17.4 Å². The number of nitrogens with zero attached hydrogens (tertiary/aromatic N) is 1. The molecule has 0 spiro atoms. The highest BCUT2D eigenvalue weighted by Gasteiger charge is 2.02. The monoisotopic (exact) mass is 238 g/mol. The van der Waals surface area contributed by atoms with Gasteiger partial charge in [0.25, 0.3) is 0 Å². The number of benzene rings is 1. The zero-order chi connectivity index (χ0) is 12.0. The number of hydrogen-bond acceptors (Lipinski definition) is 3. The van der Waals surface area contributed by atoms with Crippen LogP contribution in [0.3, 0.4) is 0 Å². The topological polar surface area (TPSA) is 29.3 Å². The molecule has 90 valence electrons. The molecule has 0 atom stereocenters. The summed E-state index contributed by atoms with van der Waals surface area (Å²) < 4.78 is 0. The summed E-state index contributed by atoms with van der Waals surface area (Å²) in [5.41, 5.74) is 7.96. The molecule has 0 aromatic heterocycles. The molecule has 1 aromatic carbocycles. The van der Waals surface area contributed by atoms with Crippen LogP contribution in [0.1, 0.15) is 19.4 Å². The van der Waals surface area contributed by atoms with Crippen LogP contribution < -0.4 is 5.73 Å². The maximum Gasteiger partial charge on any atom is 0.0325 e. The summed E-state index contributed by atoms with van der Waals surface area (Å²) in [6.45, 7) is 9.96. The summed E-state index contributed by atoms with van der Waals surface area (Å²) in [6.07, 6.45) is 0. The first-order valence-corrected chi connectivity index (χ1v) is 6.87. The minimum absolute atomic E-state index is 0.857. The van der Waals surface area contributed by atoms with Crippen molar-refractivity contribution in [1.29, 1.82) is 0 Å². The van der Waals surface area contributed by atoms with Gasteiger partial charge >= 0.3 is 0 Å². The van der Waals surface area contributed by atoms with Gasteiger partial charge in [0, 0.05) is 22.9 Å². The predicted molar refractivity (Wildman–Crippen MR) is 74.1 cm³/mol. The SMILES string of the molecule is CCN(CC)CCSc1cc(N)ccc1C. The summed E-state index contributed by atoms with van der Waals surface area (Å²) in [5.74, 6) is 1.13. The van der Waals surface area contributed by atoms with Crippen LogP contribution in [0.2, 0.25) is 0 Å². The number of thioether (sulfide) groups is 1. The Morgan fingerprint density at radius 3 is 2.56 bits per heavy atom. The molecular formula is C13H22N2S. The second-order valence-electron chi connectivity index (χ2n) is 3.90. The number of nitrogens with two attached hydrogens (primary N) is 1. The fraction of sp³-hybridized carbons (Fsp3) is 0.538. The van der Waals surface area contributed by atoms with Gasteiger partial charge in [0.1, 0.15) is 0 Å². The molecule has 0 aliphatic carbocycles. The molecule has 0 unspecified atom stereocenters. The Bertz CT molecular complexity index is 322. The first-order chi connectivity index (χ1) is 7.67. The highest BCUT2D eigenvalue weighted by atomic mass is 32.2. The van der Waals surface area contributed by atoms with Crippen molar-refractivity contribution in [2.45, 2.75) is 25.7 Å². The second kappa shape index (κ2) is 6.81. The molecule has 0 saturated heterocycles. The Balaban J connectivity index is 2.45. The van der Waals surface area contributed by atoms with E-state index in [1.807, 2.05) is 17.8 Å². The molecule has 0 bridgehead atoms. The molecule has 3 heteroatoms. The van der Waals surface area contributed by atoms with Gasteiger partial charge in [-0.3, -0.25) is 0 Å². The predicted octanol–water partition coefficient (Wildman–Crippen LogP) is 3.01. The van der Waals surface area contributed by atoms with Gasteiger partial charge in [-0.25, -0.2) is 0 Å². The third-order valence-corrected chi connectivity index (χ3v) is 3.91. The summed E-state index contributed by atoms with van der Waals surface area (Å²) in [7, 11) is 0. The van der Waals surface area contributed by atoms with Gasteiger partial charge in [0.15, 0.2) is 0 Å². The van der Waals surface area contributed by atoms with Gasteiger partial charge in [0.2, 0.25) is 0 Å². The van der Waals surface area contributed by atoms with E-state index in [-0.39, 0.29) is 0 Å². The molecule has 0 aliphatic heterocycles. The van der Waals surface area contributed by atoms with Crippen LogP contribution in [0.4, 0.5) is 5.69 Å². The Labute approximate surface area is 103 Å². The molecular weight excluding hydrogens is 216 g/mol. The van der Waals surface area contributed by atoms with E-state index in [1.54, 1.807) is 0 Å². The van der Waals surface area contributed by atoms with Crippen LogP contribution in [-0.2, 0) is 0 Å². The second-order valence-corrected chi connectivity index (χ2v) is 5.04. The molecule has 16 heavy (non-hydrogen) atoms. The normalized spacial score (nSPS) is 11.0. The van der Waals surface area contributed by atoms with Crippen LogP contribution in [0.5, 0.6) is 0 Å². The zero-order valence-electron chi connectivity index (χ0n) is 10.5. The van der Waals surface area contributed by atoms with Crippen molar-refractivity contribution < 1.29 is 0 Å². The molecule has 1 aromatic rings. The summed E-state index contributed by atoms with van der Waals surface area (Å²) in [5, 5.41) is 0. The average molecular weight is 238 g/mol. The Morgan fingerprint density at radius 2 is 1.94 bits per heavy atom. The van der Waals surface area contributed by atoms with Gasteiger partial charge in [-0.1, -0.05) is 19.9 Å². The van der Waals surface area contributed by atoms with Crippen molar-refractivity contribution in [1.82, 2.24) is 4.90 Å². The van der Waals surface area contributed by atoms with Gasteiger partial charge in [-0.2, -0.15) is 0 Å². The smallest absolute Gasteiger partial charge is 0.0325 e. The maximum atomic E-state index is 5.79. The van der Waals surface area contributed by atoms with E-state index in [0.29, 0.717) is 0 Å². The number of hydrogen-bond donors (Lipinski definition) is 1. The minimum atomic E-state index is 0.857. The first-order valence-electron chi connectivity index (χ1n) is 5.88. The number of aryl methyl sites for hydroxylation is 1. The third kappa shape index (κ3) is 4.06. The fourth-order valence-corrected chi connectivity index (χ4v) is 2.68. The highest BCUT2D eigenvalue weighted by molar-refractivity contribution is 7.99. The van der Waals surface area contributed by atoms with E-state index in [4.69, 9.17) is 5.73 Å². The minimum Gasteiger partial charge on any atom is -0.399 e. The van der Waals surface area contributed by atoms with Crippen molar-refractivity contribution in [3.05, 3.63) is 23.8 Å². The zero-order valence-corrected chi connectivity index (χ0v) is 11.3. The quantitative estimate of drug-likeness (QED) is 0.610. The number of anilines is 1. The van der Waals surface area contributed by atoms with Gasteiger partial charge in [-0.05, 0) is 37.7 Å². The van der Waals surface area contributed by atoms with Crippen LogP contribution in [0.15, 0.2) is 23.1 Å². The lowest BCUT2D eigenvalue weighted by molar-refractivity contribution is 0.324. The summed E-state index contributed by atoms with van der Waals surface area (Å²) in [6, 6.07) is 6.13. The van der Waals surface area contributed by atoms with Crippen molar-refractivity contribution in [3.8, 4) is 0 Å². The molecule has 0 fully saturated rings. The number of nitrogen functional groups attached to an aromatic ring is 1. The van der Waals surface area contributed by atoms with Crippen molar-refractivity contribution in [2.24, 2.45) is 0 Å². The van der Waals surface area contributed by atoms with Crippen LogP contribution >= 0.6 is 11.8 Å². The number of rotatable bonds is 6. The van der Waals surface area contributed by atoms with E-state index in [9.17, 15) is 0 Å². The van der Waals surface area contributed by atoms with Crippen LogP contribution in [-0.4, -0.2) is 30.3 Å². The molecule has 1 rings (SSSR count). The molecule has 2 N–H and O–H groups in total. The third-order valence-electron chi connectivity index (χ3n) is 2.77. The maximum absolute atomic E-state index is 5.79. The summed E-state index contributed by atoms with van der Waals surface area (Å²) >= 11 is 1.90. The fourth-order valence-electron chi connectivity index (χ4n) is 1.60. The Hall–Kier alpha value is -0.670. The highest BCUT2D eigenvalue weighted by Crippen LogP contribution is 2.24. The van der Waals surface area contributed by atoms with E-state index in [0.717, 1.165) is 31.1 Å². The lowest BCUT2D eigenvalue weighted by atomic mass is 10.2. The van der Waals surface area contributed by atoms with E-state index in [1.165, 1.54) is 10.5 Å². The Morgan fingerprint density at radius 1 is 1.25 bits per heavy atom. The van der Waals surface area contributed by atoms with Crippen molar-refractivity contribution in [2.75, 3.05) is 31.1 Å². The molecule has 0 aliphatic rings. The lowest BCUT2D eigenvalue weighted by Gasteiger charge is -2.17. The Kier molecular flexibility index (Phi) is 5.71. The van der Waals surface area contributed by atoms with Crippen LogP contribution in [0.25, 0.3) is 0 Å². The largest absolute Gasteiger partial charge is 0.399 e. The standard InChI is InChI=1S/C13H22N2S/c1-4-15(5-2)8-9-16-13-10-12(14)7-6-11(13)3/h6-7,10H,4-5,8-9,14H2,1-3H3. The van der Waals surface area contributed by atoms with E-state index >= 15 is 0 Å². The first kappa shape index (κ1) is 13.4. The molecule has 2 nitrogen and oxygen atoms in total.